The topological polar surface area (TPSA) is 90.0 Å². The zero-order valence-electron chi connectivity index (χ0n) is 7.99. The van der Waals surface area contributed by atoms with Crippen LogP contribution in [0.3, 0.4) is 0 Å². The van der Waals surface area contributed by atoms with Crippen LogP contribution in [0.4, 0.5) is 4.79 Å². The van der Waals surface area contributed by atoms with Gasteiger partial charge >= 0.3 is 35.6 Å². The van der Waals surface area contributed by atoms with Crippen LogP contribution in [0, 0.1) is 0 Å². The first-order chi connectivity index (χ1) is 6.47. The number of hydrogen-bond donors (Lipinski definition) is 0. The third kappa shape index (κ3) is 2.71. The van der Waals surface area contributed by atoms with Gasteiger partial charge in [0.05, 0.1) is 6.04 Å². The van der Waals surface area contributed by atoms with Gasteiger partial charge in [-0.3, -0.25) is 0 Å². The number of hydrogen-bond acceptors (Lipinski definition) is 5. The Morgan fingerprint density at radius 2 is 2.20 bits per heavy atom. The molecule has 15 heavy (non-hydrogen) atoms. The summed E-state index contributed by atoms with van der Waals surface area (Å²) in [5.74, 6) is 0. The van der Waals surface area contributed by atoms with Gasteiger partial charge in [-0.2, -0.15) is 9.35 Å². The summed E-state index contributed by atoms with van der Waals surface area (Å²) in [6.07, 6.45) is 3.35. The van der Waals surface area contributed by atoms with Crippen molar-refractivity contribution in [3.63, 3.8) is 0 Å². The smallest absolute Gasteiger partial charge is 0.724 e. The summed E-state index contributed by atoms with van der Waals surface area (Å²) in [5, 5.41) is 0.589. The van der Waals surface area contributed by atoms with Crippen LogP contribution in [0.5, 0.6) is 0 Å². The van der Waals surface area contributed by atoms with Gasteiger partial charge in [0.25, 0.3) is 0 Å². The molecule has 2 heterocycles. The molecule has 1 fully saturated rings. The van der Waals surface area contributed by atoms with Crippen molar-refractivity contribution in [2.45, 2.75) is 6.04 Å². The summed E-state index contributed by atoms with van der Waals surface area (Å²) in [6.45, 7) is 0.763. The molecule has 1 saturated heterocycles. The van der Waals surface area contributed by atoms with Gasteiger partial charge in [-0.1, -0.05) is 12.2 Å². The summed E-state index contributed by atoms with van der Waals surface area (Å²) in [5.41, 5.74) is 0. The molecule has 1 atom stereocenters. The molecule has 0 N–H and O–H groups in total. The predicted molar refractivity (Wildman–Crippen MR) is 42.5 cm³/mol. The molecule has 0 aromatic rings. The van der Waals surface area contributed by atoms with Crippen LogP contribution in [0.25, 0.3) is 0 Å². The second kappa shape index (κ2) is 4.40. The fourth-order valence-electron chi connectivity index (χ4n) is 1.48. The molecule has 0 saturated carbocycles. The van der Waals surface area contributed by atoms with Gasteiger partial charge in [-0.15, -0.1) is 0 Å². The van der Waals surface area contributed by atoms with Crippen molar-refractivity contribution < 1.29 is 51.6 Å². The van der Waals surface area contributed by atoms with E-state index < -0.39 is 22.5 Å². The van der Waals surface area contributed by atoms with Gasteiger partial charge in [-0.05, 0) is 0 Å². The summed E-state index contributed by atoms with van der Waals surface area (Å²) in [7, 11) is -4.88. The SMILES string of the molecule is O=C1N2CC=CC(C2)N1OS(=O)(=O)[O-].[Na+]. The van der Waals surface area contributed by atoms with E-state index in [9.17, 15) is 17.8 Å². The van der Waals surface area contributed by atoms with Crippen LogP contribution >= 0.6 is 0 Å². The molecule has 7 nitrogen and oxygen atoms in total. The minimum Gasteiger partial charge on any atom is -0.724 e. The molecule has 2 rings (SSSR count). The molecule has 2 aliphatic rings. The fraction of sp³-hybridized carbons (Fsp3) is 0.500. The molecule has 9 heteroatoms. The van der Waals surface area contributed by atoms with Crippen LogP contribution in [-0.4, -0.2) is 48.1 Å². The van der Waals surface area contributed by atoms with E-state index in [1.807, 2.05) is 0 Å². The minimum atomic E-state index is -4.88. The number of hydroxylamine groups is 2. The molecule has 0 spiro atoms. The Balaban J connectivity index is 0.00000112. The molecule has 2 aliphatic heterocycles. The summed E-state index contributed by atoms with van der Waals surface area (Å²) >= 11 is 0. The Kier molecular flexibility index (Phi) is 3.80. The molecule has 2 bridgehead atoms. The molecule has 2 amide bonds. The zero-order valence-corrected chi connectivity index (χ0v) is 10.8. The number of rotatable bonds is 2. The van der Waals surface area contributed by atoms with Crippen molar-refractivity contribution in [1.82, 2.24) is 9.96 Å². The van der Waals surface area contributed by atoms with E-state index in [1.165, 1.54) is 4.90 Å². The largest absolute Gasteiger partial charge is 1.00 e. The Labute approximate surface area is 109 Å². The fourth-order valence-corrected chi connectivity index (χ4v) is 1.85. The van der Waals surface area contributed by atoms with E-state index in [0.29, 0.717) is 18.2 Å². The monoisotopic (exact) mass is 242 g/mol. The van der Waals surface area contributed by atoms with Gasteiger partial charge < -0.3 is 9.45 Å². The molecular weight excluding hydrogens is 235 g/mol. The maximum absolute atomic E-state index is 11.3. The van der Waals surface area contributed by atoms with Gasteiger partial charge in [0.15, 0.2) is 0 Å². The summed E-state index contributed by atoms with van der Waals surface area (Å²) < 4.78 is 35.0. The molecule has 0 aromatic heterocycles. The van der Waals surface area contributed by atoms with E-state index >= 15 is 0 Å². The third-order valence-electron chi connectivity index (χ3n) is 2.02. The average Bonchev–Trinajstić information content (AvgIpc) is 2.28. The number of carbonyl (C=O) groups excluding carboxylic acids is 1. The maximum atomic E-state index is 11.3. The predicted octanol–water partition coefficient (Wildman–Crippen LogP) is -3.94. The first kappa shape index (κ1) is 12.9. The van der Waals surface area contributed by atoms with E-state index in [2.05, 4.69) is 4.28 Å². The minimum absolute atomic E-state index is 0. The molecule has 1 unspecified atom stereocenters. The number of amides is 2. The Morgan fingerprint density at radius 3 is 2.73 bits per heavy atom. The molecule has 0 aliphatic carbocycles. The second-order valence-electron chi connectivity index (χ2n) is 2.99. The first-order valence-corrected chi connectivity index (χ1v) is 5.21. The second-order valence-corrected chi connectivity index (χ2v) is 3.96. The van der Waals surface area contributed by atoms with Gasteiger partial charge in [0, 0.05) is 13.1 Å². The van der Waals surface area contributed by atoms with E-state index in [4.69, 9.17) is 0 Å². The molecular formula is C6H7N2NaO5S. The standard InChI is InChI=1S/C6H8N2O5S.Na/c9-6-7-3-1-2-5(4-7)8(6)13-14(10,11)12;/h1-2,5H,3-4H2,(H,10,11,12);/q;+1/p-1. The van der Waals surface area contributed by atoms with E-state index in [0.717, 1.165) is 0 Å². The Bertz CT molecular complexity index is 394. The van der Waals surface area contributed by atoms with Crippen molar-refractivity contribution in [3.05, 3.63) is 12.2 Å². The molecule has 78 valence electrons. The maximum Gasteiger partial charge on any atom is 1.00 e. The molecule has 0 aromatic carbocycles. The van der Waals surface area contributed by atoms with Crippen LogP contribution in [0.2, 0.25) is 0 Å². The number of carbonyl (C=O) groups is 1. The van der Waals surface area contributed by atoms with Gasteiger partial charge in [-0.25, -0.2) is 13.2 Å². The Hall–Kier alpha value is -0.120. The van der Waals surface area contributed by atoms with Crippen LogP contribution in [-0.2, 0) is 14.7 Å². The zero-order chi connectivity index (χ0) is 10.3. The summed E-state index contributed by atoms with van der Waals surface area (Å²) in [6, 6.07) is -1.08. The number of urea groups is 1. The van der Waals surface area contributed by atoms with Crippen molar-refractivity contribution >= 4 is 16.4 Å². The summed E-state index contributed by atoms with van der Waals surface area (Å²) in [4.78, 5) is 12.7. The average molecular weight is 242 g/mol. The van der Waals surface area contributed by atoms with Gasteiger partial charge in [0.1, 0.15) is 0 Å². The quantitative estimate of drug-likeness (QED) is 0.213. The number of nitrogens with zero attached hydrogens (tertiary/aromatic N) is 2. The van der Waals surface area contributed by atoms with Gasteiger partial charge in [0.2, 0.25) is 10.4 Å². The van der Waals surface area contributed by atoms with Crippen LogP contribution < -0.4 is 29.6 Å². The third-order valence-corrected chi connectivity index (χ3v) is 2.37. The normalized spacial score (nSPS) is 24.3. The Morgan fingerprint density at radius 1 is 1.53 bits per heavy atom. The van der Waals surface area contributed by atoms with E-state index in [1.54, 1.807) is 12.2 Å². The van der Waals surface area contributed by atoms with Crippen molar-refractivity contribution in [2.24, 2.45) is 0 Å². The van der Waals surface area contributed by atoms with Crippen LogP contribution in [0.15, 0.2) is 12.2 Å². The first-order valence-electron chi connectivity index (χ1n) is 3.87. The van der Waals surface area contributed by atoms with Crippen LogP contribution in [0.1, 0.15) is 0 Å². The van der Waals surface area contributed by atoms with Crippen molar-refractivity contribution in [2.75, 3.05) is 13.1 Å². The van der Waals surface area contributed by atoms with Crippen molar-refractivity contribution in [1.29, 1.82) is 0 Å². The van der Waals surface area contributed by atoms with Crippen molar-refractivity contribution in [3.8, 4) is 0 Å². The number of fused-ring (bicyclic) bond motifs is 2. The van der Waals surface area contributed by atoms with E-state index in [-0.39, 0.29) is 29.6 Å². The molecule has 0 radical (unpaired) electrons.